The Balaban J connectivity index is 2.05. The zero-order chi connectivity index (χ0) is 14.6. The van der Waals surface area contributed by atoms with E-state index in [0.29, 0.717) is 0 Å². The van der Waals surface area contributed by atoms with Crippen molar-refractivity contribution in [1.82, 2.24) is 5.32 Å². The summed E-state index contributed by atoms with van der Waals surface area (Å²) < 4.78 is 0. The molecule has 0 aromatic heterocycles. The van der Waals surface area contributed by atoms with E-state index in [1.54, 1.807) is 0 Å². The highest BCUT2D eigenvalue weighted by Crippen LogP contribution is 2.41. The third-order valence-corrected chi connectivity index (χ3v) is 4.40. The van der Waals surface area contributed by atoms with Crippen molar-refractivity contribution in [3.05, 3.63) is 29.8 Å². The van der Waals surface area contributed by atoms with Gasteiger partial charge in [0, 0.05) is 18.2 Å². The molecule has 1 fully saturated rings. The first-order chi connectivity index (χ1) is 9.53. The Labute approximate surface area is 122 Å². The molecule has 1 atom stereocenters. The van der Waals surface area contributed by atoms with Crippen LogP contribution in [-0.4, -0.2) is 13.0 Å². The summed E-state index contributed by atoms with van der Waals surface area (Å²) in [5, 5.41) is 6.23. The van der Waals surface area contributed by atoms with Crippen LogP contribution in [0.4, 0.5) is 5.69 Å². The molecule has 0 spiro atoms. The van der Waals surface area contributed by atoms with Gasteiger partial charge >= 0.3 is 0 Å². The minimum Gasteiger partial charge on any atom is -0.326 e. The van der Waals surface area contributed by atoms with Crippen LogP contribution in [0.2, 0.25) is 0 Å². The quantitative estimate of drug-likeness (QED) is 0.881. The van der Waals surface area contributed by atoms with Gasteiger partial charge in [-0.15, -0.1) is 0 Å². The highest BCUT2D eigenvalue weighted by molar-refractivity contribution is 5.93. The molecule has 1 aliphatic rings. The smallest absolute Gasteiger partial charge is 0.228 e. The van der Waals surface area contributed by atoms with Gasteiger partial charge in [-0.3, -0.25) is 4.79 Å². The topological polar surface area (TPSA) is 41.1 Å². The zero-order valence-electron chi connectivity index (χ0n) is 12.8. The summed E-state index contributed by atoms with van der Waals surface area (Å²) in [7, 11) is 1.93. The average Bonchev–Trinajstić information content (AvgIpc) is 2.38. The molecule has 0 heterocycles. The first-order valence-corrected chi connectivity index (χ1v) is 7.57. The Morgan fingerprint density at radius 2 is 2.15 bits per heavy atom. The summed E-state index contributed by atoms with van der Waals surface area (Å²) in [6.45, 7) is 5.25. The van der Waals surface area contributed by atoms with E-state index in [-0.39, 0.29) is 17.2 Å². The summed E-state index contributed by atoms with van der Waals surface area (Å²) in [6.07, 6.45) is 4.57. The Morgan fingerprint density at radius 3 is 2.85 bits per heavy atom. The highest BCUT2D eigenvalue weighted by Gasteiger charge is 2.37. The molecule has 1 unspecified atom stereocenters. The Bertz CT molecular complexity index is 468. The standard InChI is InChI=1S/C17H26N2O/c1-17(2)10-5-4-9-15(17)16(20)19-14-8-6-7-13(11-14)12-18-3/h6-8,11,15,18H,4-5,9-10,12H2,1-3H3,(H,19,20). The van der Waals surface area contributed by atoms with E-state index in [9.17, 15) is 4.79 Å². The van der Waals surface area contributed by atoms with E-state index >= 15 is 0 Å². The molecule has 1 aromatic rings. The van der Waals surface area contributed by atoms with Crippen molar-refractivity contribution in [2.45, 2.75) is 46.1 Å². The van der Waals surface area contributed by atoms with Crippen molar-refractivity contribution in [1.29, 1.82) is 0 Å². The maximum atomic E-state index is 12.5. The van der Waals surface area contributed by atoms with Crippen molar-refractivity contribution in [2.75, 3.05) is 12.4 Å². The second-order valence-electron chi connectivity index (χ2n) is 6.51. The van der Waals surface area contributed by atoms with Crippen LogP contribution in [0.25, 0.3) is 0 Å². The molecule has 1 aliphatic carbocycles. The summed E-state index contributed by atoms with van der Waals surface area (Å²) in [4.78, 5) is 12.5. The lowest BCUT2D eigenvalue weighted by atomic mass is 9.68. The molecule has 2 N–H and O–H groups in total. The maximum Gasteiger partial charge on any atom is 0.228 e. The van der Waals surface area contributed by atoms with Crippen LogP contribution in [-0.2, 0) is 11.3 Å². The molecular formula is C17H26N2O. The van der Waals surface area contributed by atoms with Crippen molar-refractivity contribution in [3.8, 4) is 0 Å². The van der Waals surface area contributed by atoms with Gasteiger partial charge in [0.2, 0.25) is 5.91 Å². The van der Waals surface area contributed by atoms with Crippen LogP contribution in [0.15, 0.2) is 24.3 Å². The third-order valence-electron chi connectivity index (χ3n) is 4.40. The lowest BCUT2D eigenvalue weighted by Gasteiger charge is -2.37. The molecule has 3 nitrogen and oxygen atoms in total. The molecule has 0 bridgehead atoms. The Kier molecular flexibility index (Phi) is 4.81. The van der Waals surface area contributed by atoms with Crippen LogP contribution in [0.3, 0.4) is 0 Å². The molecule has 0 radical (unpaired) electrons. The van der Waals surface area contributed by atoms with Crippen molar-refractivity contribution < 1.29 is 4.79 Å². The number of anilines is 1. The van der Waals surface area contributed by atoms with E-state index in [1.165, 1.54) is 18.4 Å². The monoisotopic (exact) mass is 274 g/mol. The number of nitrogens with one attached hydrogen (secondary N) is 2. The van der Waals surface area contributed by atoms with Crippen molar-refractivity contribution >= 4 is 11.6 Å². The van der Waals surface area contributed by atoms with Crippen LogP contribution in [0.5, 0.6) is 0 Å². The van der Waals surface area contributed by atoms with Crippen LogP contribution in [0, 0.1) is 11.3 Å². The summed E-state index contributed by atoms with van der Waals surface area (Å²) >= 11 is 0. The second-order valence-corrected chi connectivity index (χ2v) is 6.51. The molecule has 0 saturated heterocycles. The van der Waals surface area contributed by atoms with E-state index in [2.05, 4.69) is 30.5 Å². The van der Waals surface area contributed by atoms with E-state index < -0.39 is 0 Å². The number of carbonyl (C=O) groups excluding carboxylic acids is 1. The largest absolute Gasteiger partial charge is 0.326 e. The summed E-state index contributed by atoms with van der Waals surface area (Å²) in [5.74, 6) is 0.306. The minimum absolute atomic E-state index is 0.116. The fourth-order valence-corrected chi connectivity index (χ4v) is 3.17. The minimum atomic E-state index is 0.116. The highest BCUT2D eigenvalue weighted by atomic mass is 16.1. The SMILES string of the molecule is CNCc1cccc(NC(=O)C2CCCCC2(C)C)c1. The van der Waals surface area contributed by atoms with E-state index in [1.807, 2.05) is 25.2 Å². The van der Waals surface area contributed by atoms with Gasteiger partial charge in [0.05, 0.1) is 0 Å². The van der Waals surface area contributed by atoms with Crippen LogP contribution < -0.4 is 10.6 Å². The van der Waals surface area contributed by atoms with Gasteiger partial charge in [-0.2, -0.15) is 0 Å². The van der Waals surface area contributed by atoms with E-state index in [0.717, 1.165) is 25.1 Å². The number of amides is 1. The molecule has 1 saturated carbocycles. The number of rotatable bonds is 4. The second kappa shape index (κ2) is 6.40. The fraction of sp³-hybridized carbons (Fsp3) is 0.588. The maximum absolute atomic E-state index is 12.5. The number of carbonyl (C=O) groups is 1. The van der Waals surface area contributed by atoms with Crippen molar-refractivity contribution in [3.63, 3.8) is 0 Å². The summed E-state index contributed by atoms with van der Waals surface area (Å²) in [5.41, 5.74) is 2.21. The van der Waals surface area contributed by atoms with E-state index in [4.69, 9.17) is 0 Å². The normalized spacial score (nSPS) is 21.4. The summed E-state index contributed by atoms with van der Waals surface area (Å²) in [6, 6.07) is 8.07. The molecular weight excluding hydrogens is 248 g/mol. The predicted octanol–water partition coefficient (Wildman–Crippen LogP) is 3.56. The number of hydrogen-bond acceptors (Lipinski definition) is 2. The van der Waals surface area contributed by atoms with Crippen LogP contribution >= 0.6 is 0 Å². The Morgan fingerprint density at radius 1 is 1.35 bits per heavy atom. The lowest BCUT2D eigenvalue weighted by Crippen LogP contribution is -2.37. The molecule has 110 valence electrons. The molecule has 1 amide bonds. The zero-order valence-corrected chi connectivity index (χ0v) is 12.8. The van der Waals surface area contributed by atoms with Gasteiger partial charge in [-0.05, 0) is 43.0 Å². The molecule has 2 rings (SSSR count). The van der Waals surface area contributed by atoms with Crippen LogP contribution in [0.1, 0.15) is 45.1 Å². The number of benzene rings is 1. The van der Waals surface area contributed by atoms with Gasteiger partial charge in [-0.25, -0.2) is 0 Å². The van der Waals surface area contributed by atoms with Gasteiger partial charge in [-0.1, -0.05) is 38.8 Å². The predicted molar refractivity (Wildman–Crippen MR) is 83.6 cm³/mol. The van der Waals surface area contributed by atoms with Gasteiger partial charge < -0.3 is 10.6 Å². The van der Waals surface area contributed by atoms with Gasteiger partial charge in [0.1, 0.15) is 0 Å². The average molecular weight is 274 g/mol. The van der Waals surface area contributed by atoms with Gasteiger partial charge in [0.15, 0.2) is 0 Å². The first-order valence-electron chi connectivity index (χ1n) is 7.57. The molecule has 20 heavy (non-hydrogen) atoms. The number of hydrogen-bond donors (Lipinski definition) is 2. The van der Waals surface area contributed by atoms with Gasteiger partial charge in [0.25, 0.3) is 0 Å². The Hall–Kier alpha value is -1.35. The van der Waals surface area contributed by atoms with Crippen molar-refractivity contribution in [2.24, 2.45) is 11.3 Å². The molecule has 0 aliphatic heterocycles. The third kappa shape index (κ3) is 3.60. The fourth-order valence-electron chi connectivity index (χ4n) is 3.17. The first kappa shape index (κ1) is 15.0. The molecule has 3 heteroatoms. The lowest BCUT2D eigenvalue weighted by molar-refractivity contribution is -0.124. The molecule has 1 aromatic carbocycles.